The normalized spacial score (nSPS) is 17.0. The summed E-state index contributed by atoms with van der Waals surface area (Å²) in [5.74, 6) is 1.42. The van der Waals surface area contributed by atoms with E-state index in [-0.39, 0.29) is 0 Å². The number of benzene rings is 1. The first-order valence-electron chi connectivity index (χ1n) is 5.92. The van der Waals surface area contributed by atoms with Crippen molar-refractivity contribution < 1.29 is 8.95 Å². The summed E-state index contributed by atoms with van der Waals surface area (Å²) in [7, 11) is 0. The fourth-order valence-corrected chi connectivity index (χ4v) is 2.54. The molecule has 1 aliphatic carbocycles. The van der Waals surface area contributed by atoms with Crippen LogP contribution in [0, 0.1) is 5.92 Å². The molecule has 0 radical (unpaired) electrons. The largest absolute Gasteiger partial charge is 0.509 e. The van der Waals surface area contributed by atoms with Gasteiger partial charge in [0.1, 0.15) is 0 Å². The Morgan fingerprint density at radius 1 is 1.19 bits per heavy atom. The van der Waals surface area contributed by atoms with Crippen molar-refractivity contribution in [2.45, 2.75) is 37.0 Å². The van der Waals surface area contributed by atoms with E-state index in [9.17, 15) is 4.21 Å². The molecule has 0 aliphatic heterocycles. The second kappa shape index (κ2) is 5.94. The third-order valence-electron chi connectivity index (χ3n) is 3.14. The Hall–Kier alpha value is -0.960. The summed E-state index contributed by atoms with van der Waals surface area (Å²) < 4.78 is 16.6. The second-order valence-electron chi connectivity index (χ2n) is 4.35. The number of hydrogen-bond donors (Lipinski definition) is 0. The van der Waals surface area contributed by atoms with Gasteiger partial charge in [-0.3, -0.25) is 0 Å². The zero-order valence-corrected chi connectivity index (χ0v) is 10.2. The number of hydrogen-bond acceptors (Lipinski definition) is 2. The SMILES string of the molecule is O=[S+]c1ccccc1OCC1CCCCC1. The minimum atomic E-state index is 0.507. The lowest BCUT2D eigenvalue weighted by molar-refractivity contribution is 0.205. The fraction of sp³-hybridized carbons (Fsp3) is 0.538. The van der Waals surface area contributed by atoms with Gasteiger partial charge in [-0.1, -0.05) is 31.4 Å². The summed E-state index contributed by atoms with van der Waals surface area (Å²) in [4.78, 5) is 0.693. The Kier molecular flexibility index (Phi) is 4.28. The predicted octanol–water partition coefficient (Wildman–Crippen LogP) is 3.43. The molecule has 0 atom stereocenters. The van der Waals surface area contributed by atoms with Gasteiger partial charge in [0.05, 0.1) is 6.61 Å². The van der Waals surface area contributed by atoms with Crippen molar-refractivity contribution in [1.82, 2.24) is 0 Å². The Labute approximate surface area is 100 Å². The minimum absolute atomic E-state index is 0.507. The molecule has 0 spiro atoms. The molecule has 1 saturated carbocycles. The molecular weight excluding hydrogens is 220 g/mol. The summed E-state index contributed by atoms with van der Waals surface area (Å²) in [5, 5.41) is 0. The number of rotatable bonds is 4. The topological polar surface area (TPSA) is 26.3 Å². The average Bonchev–Trinajstić information content (AvgIpc) is 2.38. The lowest BCUT2D eigenvalue weighted by atomic mass is 9.90. The van der Waals surface area contributed by atoms with Crippen LogP contribution >= 0.6 is 0 Å². The van der Waals surface area contributed by atoms with E-state index in [1.807, 2.05) is 24.3 Å². The monoisotopic (exact) mass is 237 g/mol. The quantitative estimate of drug-likeness (QED) is 0.750. The minimum Gasteiger partial charge on any atom is -0.487 e. The summed E-state index contributed by atoms with van der Waals surface area (Å²) in [6.07, 6.45) is 6.56. The van der Waals surface area contributed by atoms with Gasteiger partial charge in [0.2, 0.25) is 0 Å². The highest BCUT2D eigenvalue weighted by atomic mass is 32.1. The van der Waals surface area contributed by atoms with Gasteiger partial charge in [0.25, 0.3) is 0 Å². The Balaban J connectivity index is 1.90. The maximum atomic E-state index is 10.8. The summed E-state index contributed by atoms with van der Waals surface area (Å²) in [5.41, 5.74) is 0. The maximum Gasteiger partial charge on any atom is 0.509 e. The van der Waals surface area contributed by atoms with Crippen molar-refractivity contribution in [1.29, 1.82) is 0 Å². The van der Waals surface area contributed by atoms with Crippen LogP contribution in [-0.4, -0.2) is 6.61 Å². The van der Waals surface area contributed by atoms with Gasteiger partial charge in [0.15, 0.2) is 5.75 Å². The molecule has 0 aromatic heterocycles. The van der Waals surface area contributed by atoms with Crippen molar-refractivity contribution >= 4 is 11.7 Å². The average molecular weight is 237 g/mol. The van der Waals surface area contributed by atoms with Crippen molar-refractivity contribution in [2.75, 3.05) is 6.61 Å². The van der Waals surface area contributed by atoms with Gasteiger partial charge >= 0.3 is 16.6 Å². The van der Waals surface area contributed by atoms with Gasteiger partial charge in [-0.25, -0.2) is 0 Å². The predicted molar refractivity (Wildman–Crippen MR) is 64.8 cm³/mol. The molecule has 1 aromatic carbocycles. The lowest BCUT2D eigenvalue weighted by Crippen LogP contribution is -2.15. The molecule has 1 aliphatic rings. The molecular formula is C13H17O2S+. The highest BCUT2D eigenvalue weighted by Crippen LogP contribution is 2.25. The molecule has 0 bridgehead atoms. The summed E-state index contributed by atoms with van der Waals surface area (Å²) in [6, 6.07) is 7.47. The Morgan fingerprint density at radius 2 is 1.94 bits per heavy atom. The Bertz CT molecular complexity index is 346. The molecule has 2 rings (SSSR count). The van der Waals surface area contributed by atoms with E-state index in [0.29, 0.717) is 22.5 Å². The van der Waals surface area contributed by atoms with Crippen LogP contribution in [0.25, 0.3) is 0 Å². The fourth-order valence-electron chi connectivity index (χ4n) is 2.20. The van der Waals surface area contributed by atoms with Gasteiger partial charge in [0, 0.05) is 10.3 Å². The molecule has 1 aromatic rings. The first-order chi connectivity index (χ1) is 7.90. The molecule has 0 N–H and O–H groups in total. The van der Waals surface area contributed by atoms with Crippen LogP contribution in [0.2, 0.25) is 0 Å². The highest BCUT2D eigenvalue weighted by molar-refractivity contribution is 7.65. The lowest BCUT2D eigenvalue weighted by Gasteiger charge is -2.21. The van der Waals surface area contributed by atoms with Crippen molar-refractivity contribution in [3.8, 4) is 5.75 Å². The van der Waals surface area contributed by atoms with Gasteiger partial charge in [-0.2, -0.15) is 0 Å². The highest BCUT2D eigenvalue weighted by Gasteiger charge is 2.18. The van der Waals surface area contributed by atoms with Crippen LogP contribution in [0.5, 0.6) is 5.75 Å². The van der Waals surface area contributed by atoms with Crippen molar-refractivity contribution in [3.05, 3.63) is 24.3 Å². The van der Waals surface area contributed by atoms with Gasteiger partial charge < -0.3 is 4.74 Å². The van der Waals surface area contributed by atoms with Crippen LogP contribution < -0.4 is 4.74 Å². The molecule has 0 heterocycles. The van der Waals surface area contributed by atoms with Gasteiger partial charge in [-0.05, 0) is 24.8 Å². The molecule has 1 fully saturated rings. The molecule has 0 saturated heterocycles. The zero-order valence-electron chi connectivity index (χ0n) is 9.35. The number of para-hydroxylation sites is 1. The molecule has 2 nitrogen and oxygen atoms in total. The van der Waals surface area contributed by atoms with E-state index in [0.717, 1.165) is 12.4 Å². The van der Waals surface area contributed by atoms with E-state index < -0.39 is 0 Å². The molecule has 3 heteroatoms. The second-order valence-corrected chi connectivity index (χ2v) is 4.95. The zero-order chi connectivity index (χ0) is 11.2. The molecule has 86 valence electrons. The smallest absolute Gasteiger partial charge is 0.487 e. The first kappa shape index (κ1) is 11.5. The van der Waals surface area contributed by atoms with E-state index in [4.69, 9.17) is 4.74 Å². The van der Waals surface area contributed by atoms with E-state index >= 15 is 0 Å². The van der Waals surface area contributed by atoms with E-state index in [2.05, 4.69) is 0 Å². The summed E-state index contributed by atoms with van der Waals surface area (Å²) in [6.45, 7) is 0.761. The van der Waals surface area contributed by atoms with Crippen molar-refractivity contribution in [2.24, 2.45) is 5.92 Å². The van der Waals surface area contributed by atoms with Crippen LogP contribution in [0.15, 0.2) is 29.2 Å². The van der Waals surface area contributed by atoms with Crippen LogP contribution in [0.3, 0.4) is 0 Å². The van der Waals surface area contributed by atoms with Crippen molar-refractivity contribution in [3.63, 3.8) is 0 Å². The van der Waals surface area contributed by atoms with E-state index in [1.165, 1.54) is 32.1 Å². The van der Waals surface area contributed by atoms with Crippen LogP contribution in [-0.2, 0) is 15.9 Å². The molecule has 0 unspecified atom stereocenters. The third-order valence-corrected chi connectivity index (χ3v) is 3.66. The maximum absolute atomic E-state index is 10.8. The Morgan fingerprint density at radius 3 is 2.69 bits per heavy atom. The van der Waals surface area contributed by atoms with Crippen LogP contribution in [0.4, 0.5) is 0 Å². The van der Waals surface area contributed by atoms with E-state index in [1.54, 1.807) is 0 Å². The standard InChI is InChI=1S/C13H17O2S/c14-16-13-9-5-4-8-12(13)15-10-11-6-2-1-3-7-11/h4-5,8-9,11H,1-3,6-7,10H2/q+1. The molecule has 0 amide bonds. The van der Waals surface area contributed by atoms with Gasteiger partial charge in [-0.15, -0.1) is 0 Å². The first-order valence-corrected chi connectivity index (χ1v) is 6.66. The molecule has 16 heavy (non-hydrogen) atoms. The summed E-state index contributed by atoms with van der Waals surface area (Å²) >= 11 is 0.507. The van der Waals surface area contributed by atoms with Crippen LogP contribution in [0.1, 0.15) is 32.1 Å². The third kappa shape index (κ3) is 3.01. The number of ether oxygens (including phenoxy) is 1.